The smallest absolute Gasteiger partial charge is 0.256 e. The zero-order valence-corrected chi connectivity index (χ0v) is 16.3. The van der Waals surface area contributed by atoms with Gasteiger partial charge < -0.3 is 10.6 Å². The molecule has 1 aromatic carbocycles. The van der Waals surface area contributed by atoms with E-state index in [4.69, 9.17) is 0 Å². The minimum Gasteiger partial charge on any atom is -0.353 e. The minimum atomic E-state index is -0.515. The van der Waals surface area contributed by atoms with E-state index in [2.05, 4.69) is 31.4 Å². The number of thiophene rings is 1. The third-order valence-corrected chi connectivity index (χ3v) is 7.46. The van der Waals surface area contributed by atoms with E-state index in [0.29, 0.717) is 16.9 Å². The Kier molecular flexibility index (Phi) is 4.30. The number of halogens is 1. The maximum atomic E-state index is 14.1. The number of nitrogens with one attached hydrogen (secondary N) is 2. The second-order valence-corrected chi connectivity index (χ2v) is 9.17. The monoisotopic (exact) mass is 372 g/mol. The lowest BCUT2D eigenvalue weighted by Crippen LogP contribution is -2.39. The van der Waals surface area contributed by atoms with E-state index in [1.807, 2.05) is 0 Å². The second kappa shape index (κ2) is 6.38. The first-order chi connectivity index (χ1) is 12.4. The predicted molar refractivity (Wildman–Crippen MR) is 104 cm³/mol. The molecule has 1 aromatic heterocycles. The number of rotatable bonds is 3. The third kappa shape index (κ3) is 2.82. The van der Waals surface area contributed by atoms with Gasteiger partial charge in [0.2, 0.25) is 0 Å². The Labute approximate surface area is 158 Å². The summed E-state index contributed by atoms with van der Waals surface area (Å²) >= 11 is 1.68. The van der Waals surface area contributed by atoms with Crippen LogP contribution >= 0.6 is 11.3 Å². The van der Waals surface area contributed by atoms with E-state index in [-0.39, 0.29) is 11.7 Å². The molecule has 1 amide bonds. The first-order valence-corrected chi connectivity index (χ1v) is 10.2. The Morgan fingerprint density at radius 1 is 1.27 bits per heavy atom. The van der Waals surface area contributed by atoms with Crippen molar-refractivity contribution < 1.29 is 9.18 Å². The highest BCUT2D eigenvalue weighted by atomic mass is 32.1. The highest BCUT2D eigenvalue weighted by molar-refractivity contribution is 7.16. The van der Waals surface area contributed by atoms with Gasteiger partial charge in [-0.25, -0.2) is 4.39 Å². The van der Waals surface area contributed by atoms with Gasteiger partial charge in [-0.15, -0.1) is 11.3 Å². The first kappa shape index (κ1) is 17.5. The normalized spacial score (nSPS) is 22.2. The van der Waals surface area contributed by atoms with Gasteiger partial charge in [-0.05, 0) is 42.2 Å². The molecule has 0 fully saturated rings. The summed E-state index contributed by atoms with van der Waals surface area (Å²) in [5.41, 5.74) is 2.77. The summed E-state index contributed by atoms with van der Waals surface area (Å²) < 4.78 is 14.1. The number of hydrogen-bond donors (Lipinski definition) is 2. The lowest BCUT2D eigenvalue weighted by atomic mass is 9.69. The van der Waals surface area contributed by atoms with Crippen LogP contribution in [0.2, 0.25) is 0 Å². The molecule has 0 radical (unpaired) electrons. The molecule has 3 nitrogen and oxygen atoms in total. The lowest BCUT2D eigenvalue weighted by Gasteiger charge is -2.36. The van der Waals surface area contributed by atoms with Crippen LogP contribution in [0.4, 0.5) is 9.39 Å². The van der Waals surface area contributed by atoms with E-state index in [9.17, 15) is 9.18 Å². The zero-order chi connectivity index (χ0) is 18.5. The second-order valence-electron chi connectivity index (χ2n) is 8.06. The van der Waals surface area contributed by atoms with Gasteiger partial charge in [-0.2, -0.15) is 0 Å². The summed E-state index contributed by atoms with van der Waals surface area (Å²) in [6.07, 6.45) is 3.76. The molecular weight excluding hydrogens is 347 g/mol. The SMILES string of the molecule is CCC(C)(C)[C@H]1CCc2c(sc3c2C(=O)N[C@H](c2ccccc2F)N3)C1. The Morgan fingerprint density at radius 3 is 2.77 bits per heavy atom. The molecular formula is C21H25FN2OS. The number of fused-ring (bicyclic) bond motifs is 3. The van der Waals surface area contributed by atoms with Crippen molar-refractivity contribution in [3.63, 3.8) is 0 Å². The van der Waals surface area contributed by atoms with Crippen LogP contribution in [0.15, 0.2) is 24.3 Å². The standard InChI is InChI=1S/C21H25FN2OS/c1-4-21(2,3)12-9-10-14-16(11-12)26-20-17(14)19(25)23-18(24-20)13-7-5-6-8-15(13)22/h5-8,12,18,24H,4,9-11H2,1-3H3,(H,23,25)/t12-,18-/m0/s1. The quantitative estimate of drug-likeness (QED) is 0.769. The summed E-state index contributed by atoms with van der Waals surface area (Å²) in [5.74, 6) is 0.253. The van der Waals surface area contributed by atoms with Crippen molar-refractivity contribution >= 4 is 22.2 Å². The van der Waals surface area contributed by atoms with E-state index in [1.165, 1.54) is 16.5 Å². The van der Waals surface area contributed by atoms with Crippen LogP contribution in [0.3, 0.4) is 0 Å². The van der Waals surface area contributed by atoms with Gasteiger partial charge in [0, 0.05) is 10.4 Å². The third-order valence-electron chi connectivity index (χ3n) is 6.28. The Bertz CT molecular complexity index is 858. The van der Waals surface area contributed by atoms with Crippen molar-refractivity contribution in [2.75, 3.05) is 5.32 Å². The van der Waals surface area contributed by atoms with E-state index < -0.39 is 6.17 Å². The van der Waals surface area contributed by atoms with Crippen LogP contribution in [0.25, 0.3) is 0 Å². The number of hydrogen-bond acceptors (Lipinski definition) is 3. The van der Waals surface area contributed by atoms with Crippen molar-refractivity contribution in [1.29, 1.82) is 0 Å². The highest BCUT2D eigenvalue weighted by Crippen LogP contribution is 2.47. The predicted octanol–water partition coefficient (Wildman–Crippen LogP) is 5.28. The molecule has 2 heterocycles. The first-order valence-electron chi connectivity index (χ1n) is 9.37. The maximum Gasteiger partial charge on any atom is 0.256 e. The summed E-state index contributed by atoms with van der Waals surface area (Å²) in [6.45, 7) is 6.94. The molecule has 0 spiro atoms. The number of anilines is 1. The Balaban J connectivity index is 1.65. The molecule has 5 heteroatoms. The van der Waals surface area contributed by atoms with Gasteiger partial charge in [-0.1, -0.05) is 45.4 Å². The van der Waals surface area contributed by atoms with Gasteiger partial charge in [-0.3, -0.25) is 4.79 Å². The molecule has 0 saturated heterocycles. The van der Waals surface area contributed by atoms with Crippen molar-refractivity contribution in [2.45, 2.75) is 52.6 Å². The fourth-order valence-corrected chi connectivity index (χ4v) is 5.47. The molecule has 1 aliphatic heterocycles. The largest absolute Gasteiger partial charge is 0.353 e. The average Bonchev–Trinajstić information content (AvgIpc) is 3.00. The van der Waals surface area contributed by atoms with Crippen molar-refractivity contribution in [1.82, 2.24) is 5.32 Å². The number of amides is 1. The molecule has 2 aliphatic rings. The molecule has 26 heavy (non-hydrogen) atoms. The summed E-state index contributed by atoms with van der Waals surface area (Å²) in [6, 6.07) is 6.59. The molecule has 2 N–H and O–H groups in total. The van der Waals surface area contributed by atoms with Gasteiger partial charge in [0.1, 0.15) is 17.0 Å². The molecule has 2 atom stereocenters. The summed E-state index contributed by atoms with van der Waals surface area (Å²) in [5, 5.41) is 7.18. The van der Waals surface area contributed by atoms with Crippen LogP contribution in [0, 0.1) is 17.2 Å². The fraction of sp³-hybridized carbons (Fsp3) is 0.476. The van der Waals surface area contributed by atoms with Gasteiger partial charge in [0.05, 0.1) is 5.56 Å². The van der Waals surface area contributed by atoms with Gasteiger partial charge >= 0.3 is 0 Å². The maximum absolute atomic E-state index is 14.1. The van der Waals surface area contributed by atoms with Gasteiger partial charge in [0.15, 0.2) is 0 Å². The van der Waals surface area contributed by atoms with E-state index in [0.717, 1.165) is 36.2 Å². The molecule has 138 valence electrons. The number of carbonyl (C=O) groups is 1. The number of carbonyl (C=O) groups excluding carboxylic acids is 1. The lowest BCUT2D eigenvalue weighted by molar-refractivity contribution is 0.0934. The zero-order valence-electron chi connectivity index (χ0n) is 15.5. The Morgan fingerprint density at radius 2 is 2.04 bits per heavy atom. The number of benzene rings is 1. The molecule has 2 aromatic rings. The molecule has 0 bridgehead atoms. The summed E-state index contributed by atoms with van der Waals surface area (Å²) in [7, 11) is 0. The highest BCUT2D eigenvalue weighted by Gasteiger charge is 2.37. The van der Waals surface area contributed by atoms with Gasteiger partial charge in [0.25, 0.3) is 5.91 Å². The van der Waals surface area contributed by atoms with Crippen LogP contribution in [-0.2, 0) is 12.8 Å². The van der Waals surface area contributed by atoms with Crippen molar-refractivity contribution in [2.24, 2.45) is 11.3 Å². The molecule has 1 aliphatic carbocycles. The van der Waals surface area contributed by atoms with Crippen LogP contribution in [0.5, 0.6) is 0 Å². The van der Waals surface area contributed by atoms with Crippen LogP contribution < -0.4 is 10.6 Å². The van der Waals surface area contributed by atoms with Crippen LogP contribution in [-0.4, -0.2) is 5.91 Å². The van der Waals surface area contributed by atoms with E-state index >= 15 is 0 Å². The Hall–Kier alpha value is -1.88. The van der Waals surface area contributed by atoms with Crippen molar-refractivity contribution in [3.05, 3.63) is 51.7 Å². The summed E-state index contributed by atoms with van der Waals surface area (Å²) in [4.78, 5) is 14.1. The average molecular weight is 373 g/mol. The topological polar surface area (TPSA) is 41.1 Å². The molecule has 0 saturated carbocycles. The molecule has 4 rings (SSSR count). The van der Waals surface area contributed by atoms with Crippen molar-refractivity contribution in [3.8, 4) is 0 Å². The molecule has 0 unspecified atom stereocenters. The fourth-order valence-electron chi connectivity index (χ4n) is 4.12. The van der Waals surface area contributed by atoms with E-state index in [1.54, 1.807) is 29.5 Å². The minimum absolute atomic E-state index is 0.0855. The van der Waals surface area contributed by atoms with Crippen LogP contribution in [0.1, 0.15) is 66.1 Å².